The number of aromatic nitrogens is 3. The first kappa shape index (κ1) is 12.1. The van der Waals surface area contributed by atoms with Gasteiger partial charge in [-0.25, -0.2) is 14.8 Å². The Balaban J connectivity index is 1.98. The van der Waals surface area contributed by atoms with E-state index in [0.29, 0.717) is 5.82 Å². The molecule has 0 fully saturated rings. The minimum Gasteiger partial charge on any atom is -0.478 e. The van der Waals surface area contributed by atoms with Crippen LogP contribution in [0.5, 0.6) is 0 Å². The van der Waals surface area contributed by atoms with Crippen molar-refractivity contribution in [2.45, 2.75) is 0 Å². The maximum absolute atomic E-state index is 10.8. The monoisotopic (exact) mass is 265 g/mol. The third kappa shape index (κ3) is 2.29. The highest BCUT2D eigenvalue weighted by Gasteiger charge is 2.07. The minimum atomic E-state index is -0.946. The van der Waals surface area contributed by atoms with Gasteiger partial charge in [0.05, 0.1) is 11.3 Å². The summed E-state index contributed by atoms with van der Waals surface area (Å²) in [7, 11) is 0. The van der Waals surface area contributed by atoms with Crippen LogP contribution in [-0.2, 0) is 0 Å². The van der Waals surface area contributed by atoms with Gasteiger partial charge >= 0.3 is 5.97 Å². The van der Waals surface area contributed by atoms with E-state index in [1.807, 2.05) is 24.5 Å². The molecule has 0 amide bonds. The smallest absolute Gasteiger partial charge is 0.335 e. The van der Waals surface area contributed by atoms with E-state index in [0.717, 1.165) is 16.8 Å². The van der Waals surface area contributed by atoms with E-state index < -0.39 is 5.97 Å². The zero-order chi connectivity index (χ0) is 13.9. The summed E-state index contributed by atoms with van der Waals surface area (Å²) in [6, 6.07) is 10.3. The van der Waals surface area contributed by atoms with Crippen LogP contribution in [-0.4, -0.2) is 26.0 Å². The maximum atomic E-state index is 10.8. The Morgan fingerprint density at radius 1 is 1.05 bits per heavy atom. The lowest BCUT2D eigenvalue weighted by atomic mass is 10.1. The van der Waals surface area contributed by atoms with E-state index in [1.54, 1.807) is 30.5 Å². The largest absolute Gasteiger partial charge is 0.478 e. The van der Waals surface area contributed by atoms with Gasteiger partial charge in [0, 0.05) is 29.7 Å². The van der Waals surface area contributed by atoms with Crippen molar-refractivity contribution in [3.05, 3.63) is 60.6 Å². The van der Waals surface area contributed by atoms with Gasteiger partial charge in [0.15, 0.2) is 5.82 Å². The number of carboxylic acids is 1. The van der Waals surface area contributed by atoms with Gasteiger partial charge in [0.2, 0.25) is 0 Å². The van der Waals surface area contributed by atoms with Crippen LogP contribution in [0.25, 0.3) is 22.6 Å². The number of nitrogens with one attached hydrogen (secondary N) is 1. The Labute approximate surface area is 115 Å². The summed E-state index contributed by atoms with van der Waals surface area (Å²) in [5.74, 6) is -0.376. The van der Waals surface area contributed by atoms with Crippen molar-refractivity contribution in [1.29, 1.82) is 0 Å². The van der Waals surface area contributed by atoms with Crippen molar-refractivity contribution >= 4 is 5.97 Å². The average molecular weight is 265 g/mol. The first-order chi connectivity index (χ1) is 9.74. The number of H-pyrrole nitrogens is 1. The van der Waals surface area contributed by atoms with Gasteiger partial charge in [-0.05, 0) is 24.3 Å². The molecule has 0 unspecified atom stereocenters. The Kier molecular flexibility index (Phi) is 3.01. The molecule has 0 atom stereocenters. The quantitative estimate of drug-likeness (QED) is 0.763. The highest BCUT2D eigenvalue weighted by atomic mass is 16.4. The van der Waals surface area contributed by atoms with Crippen LogP contribution in [0.2, 0.25) is 0 Å². The molecule has 1 aromatic carbocycles. The van der Waals surface area contributed by atoms with Crippen LogP contribution in [0.3, 0.4) is 0 Å². The van der Waals surface area contributed by atoms with Gasteiger partial charge in [0.1, 0.15) is 0 Å². The van der Waals surface area contributed by atoms with E-state index in [4.69, 9.17) is 5.11 Å². The molecule has 0 aliphatic heterocycles. The molecule has 0 spiro atoms. The standard InChI is InChI=1S/C15H11N3O2/c19-15(20)11-3-1-10(2-4-11)14-17-8-6-13(18-14)12-5-7-16-9-12/h1-9,16H,(H,19,20). The lowest BCUT2D eigenvalue weighted by Crippen LogP contribution is -1.96. The van der Waals surface area contributed by atoms with Crippen molar-refractivity contribution < 1.29 is 9.90 Å². The molecule has 3 aromatic rings. The first-order valence-corrected chi connectivity index (χ1v) is 6.04. The highest BCUT2D eigenvalue weighted by molar-refractivity contribution is 5.88. The summed E-state index contributed by atoms with van der Waals surface area (Å²) in [6.07, 6.45) is 5.38. The fourth-order valence-electron chi connectivity index (χ4n) is 1.90. The summed E-state index contributed by atoms with van der Waals surface area (Å²) < 4.78 is 0. The second-order valence-corrected chi connectivity index (χ2v) is 4.25. The molecule has 2 N–H and O–H groups in total. The molecule has 0 saturated carbocycles. The SMILES string of the molecule is O=C(O)c1ccc(-c2nccc(-c3cc[nH]c3)n2)cc1. The fourth-order valence-corrected chi connectivity index (χ4v) is 1.90. The van der Waals surface area contributed by atoms with E-state index in [1.165, 1.54) is 0 Å². The summed E-state index contributed by atoms with van der Waals surface area (Å²) in [5.41, 5.74) is 2.83. The number of hydrogen-bond donors (Lipinski definition) is 2. The van der Waals surface area contributed by atoms with Gasteiger partial charge in [-0.2, -0.15) is 0 Å². The molecule has 0 bridgehead atoms. The van der Waals surface area contributed by atoms with Gasteiger partial charge in [0.25, 0.3) is 0 Å². The van der Waals surface area contributed by atoms with Crippen molar-refractivity contribution in [3.63, 3.8) is 0 Å². The van der Waals surface area contributed by atoms with Crippen molar-refractivity contribution in [3.8, 4) is 22.6 Å². The number of carboxylic acid groups (broad SMARTS) is 1. The second-order valence-electron chi connectivity index (χ2n) is 4.25. The Bertz CT molecular complexity index is 734. The lowest BCUT2D eigenvalue weighted by molar-refractivity contribution is 0.0697. The summed E-state index contributed by atoms with van der Waals surface area (Å²) in [6.45, 7) is 0. The number of hydrogen-bond acceptors (Lipinski definition) is 3. The maximum Gasteiger partial charge on any atom is 0.335 e. The van der Waals surface area contributed by atoms with Crippen LogP contribution < -0.4 is 0 Å². The van der Waals surface area contributed by atoms with Gasteiger partial charge in [-0.3, -0.25) is 0 Å². The van der Waals surface area contributed by atoms with Crippen molar-refractivity contribution in [2.24, 2.45) is 0 Å². The van der Waals surface area contributed by atoms with Crippen LogP contribution in [0.4, 0.5) is 0 Å². The van der Waals surface area contributed by atoms with E-state index >= 15 is 0 Å². The molecule has 0 saturated heterocycles. The van der Waals surface area contributed by atoms with Crippen molar-refractivity contribution in [1.82, 2.24) is 15.0 Å². The Morgan fingerprint density at radius 2 is 1.85 bits per heavy atom. The van der Waals surface area contributed by atoms with Gasteiger partial charge in [-0.1, -0.05) is 12.1 Å². The Hall–Kier alpha value is -2.95. The molecule has 2 aromatic heterocycles. The number of aromatic amines is 1. The van der Waals surface area contributed by atoms with Crippen LogP contribution >= 0.6 is 0 Å². The molecule has 3 rings (SSSR count). The predicted octanol–water partition coefficient (Wildman–Crippen LogP) is 2.84. The Morgan fingerprint density at radius 3 is 2.50 bits per heavy atom. The van der Waals surface area contributed by atoms with Crippen LogP contribution in [0.1, 0.15) is 10.4 Å². The number of rotatable bonds is 3. The molecule has 2 heterocycles. The second kappa shape index (κ2) is 4.97. The summed E-state index contributed by atoms with van der Waals surface area (Å²) in [4.78, 5) is 22.5. The highest BCUT2D eigenvalue weighted by Crippen LogP contribution is 2.20. The number of nitrogens with zero attached hydrogens (tertiary/aromatic N) is 2. The van der Waals surface area contributed by atoms with Gasteiger partial charge < -0.3 is 10.1 Å². The fraction of sp³-hybridized carbons (Fsp3) is 0. The van der Waals surface area contributed by atoms with Gasteiger partial charge in [-0.15, -0.1) is 0 Å². The van der Waals surface area contributed by atoms with Crippen LogP contribution in [0.15, 0.2) is 55.0 Å². The summed E-state index contributed by atoms with van der Waals surface area (Å²) >= 11 is 0. The molecular formula is C15H11N3O2. The van der Waals surface area contributed by atoms with Crippen molar-refractivity contribution in [2.75, 3.05) is 0 Å². The molecule has 98 valence electrons. The van der Waals surface area contributed by atoms with E-state index in [2.05, 4.69) is 15.0 Å². The molecule has 20 heavy (non-hydrogen) atoms. The third-order valence-electron chi connectivity index (χ3n) is 2.94. The zero-order valence-corrected chi connectivity index (χ0v) is 10.4. The minimum absolute atomic E-state index is 0.246. The van der Waals surface area contributed by atoms with E-state index in [-0.39, 0.29) is 5.56 Å². The number of benzene rings is 1. The molecule has 0 aliphatic rings. The lowest BCUT2D eigenvalue weighted by Gasteiger charge is -2.03. The molecular weight excluding hydrogens is 254 g/mol. The van der Waals surface area contributed by atoms with Crippen LogP contribution in [0, 0.1) is 0 Å². The number of aromatic carboxylic acids is 1. The van der Waals surface area contributed by atoms with E-state index in [9.17, 15) is 4.79 Å². The number of carbonyl (C=O) groups is 1. The average Bonchev–Trinajstić information content (AvgIpc) is 3.02. The summed E-state index contributed by atoms with van der Waals surface area (Å²) in [5, 5.41) is 8.88. The predicted molar refractivity (Wildman–Crippen MR) is 74.2 cm³/mol. The normalized spacial score (nSPS) is 10.4. The first-order valence-electron chi connectivity index (χ1n) is 6.04. The third-order valence-corrected chi connectivity index (χ3v) is 2.94. The molecule has 5 nitrogen and oxygen atoms in total. The topological polar surface area (TPSA) is 78.9 Å². The molecule has 0 radical (unpaired) electrons. The molecule has 0 aliphatic carbocycles. The molecule has 5 heteroatoms. The zero-order valence-electron chi connectivity index (χ0n) is 10.4.